The third kappa shape index (κ3) is 6.29. The summed E-state index contributed by atoms with van der Waals surface area (Å²) in [4.78, 5) is 32.6. The van der Waals surface area contributed by atoms with Gasteiger partial charge in [-0.15, -0.1) is 11.3 Å². The summed E-state index contributed by atoms with van der Waals surface area (Å²) in [5, 5.41) is 4.00. The molecule has 3 aromatic rings. The van der Waals surface area contributed by atoms with Crippen LogP contribution in [0.5, 0.6) is 0 Å². The van der Waals surface area contributed by atoms with Crippen LogP contribution in [0, 0.1) is 0 Å². The average Bonchev–Trinajstić information content (AvgIpc) is 3.34. The molecule has 9 heteroatoms. The molecule has 5 nitrogen and oxygen atoms in total. The SMILES string of the molecule is O=C(CCCN1C(=O)/C(=C/c2ccccc2Cl)SC1=S)Nc1ncc(Cc2ccccc2)s1. The predicted octanol–water partition coefficient (Wildman–Crippen LogP) is 6.01. The number of benzene rings is 2. The molecule has 0 radical (unpaired) electrons. The molecule has 33 heavy (non-hydrogen) atoms. The molecule has 0 saturated carbocycles. The number of rotatable bonds is 8. The van der Waals surface area contributed by atoms with Crippen LogP contribution in [0.25, 0.3) is 6.08 Å². The Labute approximate surface area is 210 Å². The van der Waals surface area contributed by atoms with Crippen molar-refractivity contribution in [1.29, 1.82) is 0 Å². The van der Waals surface area contributed by atoms with Crippen LogP contribution in [0.15, 0.2) is 65.7 Å². The van der Waals surface area contributed by atoms with Crippen molar-refractivity contribution in [2.24, 2.45) is 0 Å². The van der Waals surface area contributed by atoms with Gasteiger partial charge < -0.3 is 5.32 Å². The van der Waals surface area contributed by atoms with Gasteiger partial charge >= 0.3 is 0 Å². The van der Waals surface area contributed by atoms with Crippen molar-refractivity contribution in [2.75, 3.05) is 11.9 Å². The molecule has 0 aliphatic carbocycles. The first-order valence-electron chi connectivity index (χ1n) is 10.3. The number of hydrogen-bond donors (Lipinski definition) is 1. The van der Waals surface area contributed by atoms with E-state index in [4.69, 9.17) is 23.8 Å². The quantitative estimate of drug-likeness (QED) is 0.295. The molecule has 4 rings (SSSR count). The monoisotopic (exact) mass is 513 g/mol. The zero-order valence-electron chi connectivity index (χ0n) is 17.5. The Kier molecular flexibility index (Phi) is 7.93. The lowest BCUT2D eigenvalue weighted by molar-refractivity contribution is -0.122. The summed E-state index contributed by atoms with van der Waals surface area (Å²) < 4.78 is 0.490. The van der Waals surface area contributed by atoms with Crippen molar-refractivity contribution in [3.8, 4) is 0 Å². The number of halogens is 1. The second-order valence-corrected chi connectivity index (χ2v) is 10.5. The summed E-state index contributed by atoms with van der Waals surface area (Å²) in [6.07, 6.45) is 5.10. The number of anilines is 1. The minimum absolute atomic E-state index is 0.132. The van der Waals surface area contributed by atoms with Gasteiger partial charge in [-0.05, 0) is 29.7 Å². The Balaban J connectivity index is 1.26. The number of carbonyl (C=O) groups excluding carboxylic acids is 2. The highest BCUT2D eigenvalue weighted by molar-refractivity contribution is 8.26. The molecular weight excluding hydrogens is 494 g/mol. The second kappa shape index (κ2) is 11.1. The predicted molar refractivity (Wildman–Crippen MR) is 141 cm³/mol. The van der Waals surface area contributed by atoms with Gasteiger partial charge in [-0.25, -0.2) is 4.98 Å². The molecule has 0 bridgehead atoms. The average molecular weight is 514 g/mol. The van der Waals surface area contributed by atoms with Gasteiger partial charge in [0.15, 0.2) is 5.13 Å². The van der Waals surface area contributed by atoms with Gasteiger partial charge in [0.1, 0.15) is 4.32 Å². The Morgan fingerprint density at radius 1 is 1.15 bits per heavy atom. The molecule has 1 aliphatic heterocycles. The van der Waals surface area contributed by atoms with Crippen LogP contribution in [0.4, 0.5) is 5.13 Å². The first-order valence-corrected chi connectivity index (χ1v) is 12.7. The van der Waals surface area contributed by atoms with Crippen LogP contribution in [-0.2, 0) is 16.0 Å². The molecule has 1 N–H and O–H groups in total. The van der Waals surface area contributed by atoms with Crippen LogP contribution in [-0.4, -0.2) is 32.6 Å². The highest BCUT2D eigenvalue weighted by atomic mass is 35.5. The zero-order valence-corrected chi connectivity index (χ0v) is 20.7. The Morgan fingerprint density at radius 3 is 2.70 bits per heavy atom. The van der Waals surface area contributed by atoms with Crippen LogP contribution in [0.3, 0.4) is 0 Å². The van der Waals surface area contributed by atoms with Crippen molar-refractivity contribution in [3.05, 3.63) is 86.7 Å². The maximum Gasteiger partial charge on any atom is 0.266 e. The molecule has 1 fully saturated rings. The summed E-state index contributed by atoms with van der Waals surface area (Å²) in [6.45, 7) is 0.384. The second-order valence-electron chi connectivity index (χ2n) is 7.30. The van der Waals surface area contributed by atoms with E-state index < -0.39 is 0 Å². The van der Waals surface area contributed by atoms with Crippen LogP contribution >= 0.6 is 46.9 Å². The molecule has 1 aromatic heterocycles. The van der Waals surface area contributed by atoms with Gasteiger partial charge in [0, 0.05) is 35.5 Å². The van der Waals surface area contributed by atoms with E-state index in [0.717, 1.165) is 16.9 Å². The zero-order chi connectivity index (χ0) is 23.2. The van der Waals surface area contributed by atoms with E-state index in [1.54, 1.807) is 18.3 Å². The topological polar surface area (TPSA) is 62.3 Å². The highest BCUT2D eigenvalue weighted by Gasteiger charge is 2.31. The van der Waals surface area contributed by atoms with Gasteiger partial charge in [-0.1, -0.05) is 84.1 Å². The lowest BCUT2D eigenvalue weighted by Crippen LogP contribution is -2.29. The molecule has 2 heterocycles. The fourth-order valence-electron chi connectivity index (χ4n) is 3.25. The van der Waals surface area contributed by atoms with E-state index in [1.165, 1.54) is 33.6 Å². The van der Waals surface area contributed by atoms with E-state index in [-0.39, 0.29) is 18.2 Å². The first-order chi connectivity index (χ1) is 16.0. The van der Waals surface area contributed by atoms with Crippen LogP contribution < -0.4 is 5.32 Å². The van der Waals surface area contributed by atoms with E-state index in [1.807, 2.05) is 36.4 Å². The maximum absolute atomic E-state index is 12.7. The van der Waals surface area contributed by atoms with E-state index >= 15 is 0 Å². The van der Waals surface area contributed by atoms with Crippen LogP contribution in [0.1, 0.15) is 28.8 Å². The maximum atomic E-state index is 12.7. The molecule has 0 unspecified atom stereocenters. The molecule has 2 aromatic carbocycles. The first kappa shape index (κ1) is 23.6. The normalized spacial score (nSPS) is 14.8. The summed E-state index contributed by atoms with van der Waals surface area (Å²) >= 11 is 14.3. The Hall–Kier alpha value is -2.52. The Morgan fingerprint density at radius 2 is 1.91 bits per heavy atom. The van der Waals surface area contributed by atoms with Gasteiger partial charge in [0.2, 0.25) is 5.91 Å². The van der Waals surface area contributed by atoms with Crippen molar-refractivity contribution in [2.45, 2.75) is 19.3 Å². The molecule has 168 valence electrons. The van der Waals surface area contributed by atoms with Gasteiger partial charge in [0.05, 0.1) is 4.91 Å². The number of amides is 2. The summed E-state index contributed by atoms with van der Waals surface area (Å²) in [7, 11) is 0. The number of aromatic nitrogens is 1. The summed E-state index contributed by atoms with van der Waals surface area (Å²) in [6, 6.07) is 17.5. The smallest absolute Gasteiger partial charge is 0.266 e. The van der Waals surface area contributed by atoms with Crippen molar-refractivity contribution in [1.82, 2.24) is 9.88 Å². The molecule has 1 saturated heterocycles. The third-order valence-corrected chi connectivity index (χ3v) is 7.51. The van der Waals surface area contributed by atoms with Gasteiger partial charge in [-0.2, -0.15) is 0 Å². The summed E-state index contributed by atoms with van der Waals surface area (Å²) in [5.41, 5.74) is 1.97. The highest BCUT2D eigenvalue weighted by Crippen LogP contribution is 2.34. The lowest BCUT2D eigenvalue weighted by atomic mass is 10.1. The Bertz CT molecular complexity index is 1210. The number of nitrogens with zero attached hydrogens (tertiary/aromatic N) is 2. The fraction of sp³-hybridized carbons (Fsp3) is 0.167. The fourth-order valence-corrected chi connectivity index (χ4v) is 5.60. The molecule has 1 aliphatic rings. The van der Waals surface area contributed by atoms with Gasteiger partial charge in [-0.3, -0.25) is 14.5 Å². The standard InChI is InChI=1S/C24H20ClN3O2S3/c25-19-10-5-4-9-17(19)14-20-22(30)28(24(31)33-20)12-6-11-21(29)27-23-26-15-18(32-23)13-16-7-2-1-3-8-16/h1-5,7-10,14-15H,6,11-13H2,(H,26,27,29)/b20-14-. The number of nitrogens with one attached hydrogen (secondary N) is 1. The molecule has 2 amide bonds. The minimum atomic E-state index is -0.157. The number of carbonyl (C=O) groups is 2. The van der Waals surface area contributed by atoms with E-state index in [2.05, 4.69) is 22.4 Å². The van der Waals surface area contributed by atoms with Crippen molar-refractivity contribution >= 4 is 74.3 Å². The number of thiocarbonyl (C=S) groups is 1. The number of thioether (sulfide) groups is 1. The van der Waals surface area contributed by atoms with Crippen molar-refractivity contribution < 1.29 is 9.59 Å². The lowest BCUT2D eigenvalue weighted by Gasteiger charge is -2.13. The number of hydrogen-bond acceptors (Lipinski definition) is 6. The number of thiazole rings is 1. The molecular formula is C24H20ClN3O2S3. The largest absolute Gasteiger partial charge is 0.302 e. The summed E-state index contributed by atoms with van der Waals surface area (Å²) in [5.74, 6) is -0.288. The van der Waals surface area contributed by atoms with E-state index in [0.29, 0.717) is 32.3 Å². The van der Waals surface area contributed by atoms with Crippen molar-refractivity contribution in [3.63, 3.8) is 0 Å². The minimum Gasteiger partial charge on any atom is -0.302 e. The molecule has 0 atom stereocenters. The van der Waals surface area contributed by atoms with Crippen LogP contribution in [0.2, 0.25) is 5.02 Å². The van der Waals surface area contributed by atoms with E-state index in [9.17, 15) is 9.59 Å². The third-order valence-electron chi connectivity index (χ3n) is 4.87. The van der Waals surface area contributed by atoms with Gasteiger partial charge in [0.25, 0.3) is 5.91 Å². The molecule has 0 spiro atoms.